The zero-order valence-electron chi connectivity index (χ0n) is 7.88. The molecule has 0 aromatic carbocycles. The Balaban J connectivity index is 2.13. The third kappa shape index (κ3) is 3.93. The maximum atomic E-state index is 10.7. The van der Waals surface area contributed by atoms with E-state index in [1.165, 1.54) is 7.11 Å². The average molecular weight is 262 g/mol. The number of nitrogens with one attached hydrogen (secondary N) is 1. The van der Waals surface area contributed by atoms with Crippen LogP contribution in [0.5, 0.6) is 0 Å². The lowest BCUT2D eigenvalue weighted by Gasteiger charge is -2.00. The van der Waals surface area contributed by atoms with Crippen LogP contribution in [0.15, 0.2) is 21.2 Å². The minimum atomic E-state index is -0.210. The number of carbonyl (C=O) groups is 1. The van der Waals surface area contributed by atoms with Gasteiger partial charge in [0.15, 0.2) is 4.67 Å². The van der Waals surface area contributed by atoms with Gasteiger partial charge in [0.25, 0.3) is 0 Å². The zero-order chi connectivity index (χ0) is 10.4. The molecule has 1 rings (SSSR count). The molecule has 0 fully saturated rings. The van der Waals surface area contributed by atoms with Gasteiger partial charge in [-0.15, -0.1) is 0 Å². The molecule has 0 bridgehead atoms. The van der Waals surface area contributed by atoms with Gasteiger partial charge in [0.05, 0.1) is 20.1 Å². The molecule has 0 saturated carbocycles. The number of methoxy groups -OCH3 is 1. The van der Waals surface area contributed by atoms with E-state index in [9.17, 15) is 4.79 Å². The van der Waals surface area contributed by atoms with Crippen molar-refractivity contribution in [2.24, 2.45) is 0 Å². The second-order valence-electron chi connectivity index (χ2n) is 2.71. The molecule has 1 aromatic rings. The fraction of sp³-hybridized carbons (Fsp3) is 0.444. The molecular weight excluding hydrogens is 250 g/mol. The Bertz CT molecular complexity index is 298. The van der Waals surface area contributed by atoms with Gasteiger partial charge in [-0.2, -0.15) is 0 Å². The molecule has 78 valence electrons. The van der Waals surface area contributed by atoms with Gasteiger partial charge in [-0.3, -0.25) is 4.79 Å². The normalized spacial score (nSPS) is 10.1. The molecule has 0 amide bonds. The van der Waals surface area contributed by atoms with Crippen LogP contribution in [-0.4, -0.2) is 19.6 Å². The molecule has 0 atom stereocenters. The van der Waals surface area contributed by atoms with Gasteiger partial charge in [0, 0.05) is 6.54 Å². The standard InChI is InChI=1S/C9H12BrNO3/c1-13-9(12)4-5-11-6-7-2-3-8(10)14-7/h2-3,11H,4-6H2,1H3. The lowest BCUT2D eigenvalue weighted by molar-refractivity contribution is -0.140. The van der Waals surface area contributed by atoms with Crippen LogP contribution in [0.25, 0.3) is 0 Å². The van der Waals surface area contributed by atoms with Crippen LogP contribution >= 0.6 is 15.9 Å². The topological polar surface area (TPSA) is 51.5 Å². The van der Waals surface area contributed by atoms with Gasteiger partial charge >= 0.3 is 5.97 Å². The number of halogens is 1. The Morgan fingerprint density at radius 2 is 2.43 bits per heavy atom. The fourth-order valence-corrected chi connectivity index (χ4v) is 1.29. The van der Waals surface area contributed by atoms with Gasteiger partial charge < -0.3 is 14.5 Å². The van der Waals surface area contributed by atoms with Crippen LogP contribution in [0.4, 0.5) is 0 Å². The highest BCUT2D eigenvalue weighted by Gasteiger charge is 2.01. The van der Waals surface area contributed by atoms with E-state index in [-0.39, 0.29) is 5.97 Å². The molecular formula is C9H12BrNO3. The quantitative estimate of drug-likeness (QED) is 0.648. The molecule has 0 saturated heterocycles. The molecule has 5 heteroatoms. The summed E-state index contributed by atoms with van der Waals surface area (Å²) in [5, 5.41) is 3.06. The molecule has 0 aliphatic carbocycles. The minimum absolute atomic E-state index is 0.210. The van der Waals surface area contributed by atoms with Crippen molar-refractivity contribution in [3.8, 4) is 0 Å². The predicted molar refractivity (Wildman–Crippen MR) is 54.7 cm³/mol. The SMILES string of the molecule is COC(=O)CCNCc1ccc(Br)o1. The number of ether oxygens (including phenoxy) is 1. The first-order valence-corrected chi connectivity index (χ1v) is 5.03. The third-order valence-corrected chi connectivity index (χ3v) is 2.09. The van der Waals surface area contributed by atoms with Crippen molar-refractivity contribution in [2.45, 2.75) is 13.0 Å². The lowest BCUT2D eigenvalue weighted by Crippen LogP contribution is -2.18. The number of esters is 1. The van der Waals surface area contributed by atoms with Crippen LogP contribution in [0.3, 0.4) is 0 Å². The number of hydrogen-bond acceptors (Lipinski definition) is 4. The smallest absolute Gasteiger partial charge is 0.306 e. The summed E-state index contributed by atoms with van der Waals surface area (Å²) < 4.78 is 10.5. The van der Waals surface area contributed by atoms with E-state index in [4.69, 9.17) is 4.42 Å². The molecule has 0 spiro atoms. The number of rotatable bonds is 5. The highest BCUT2D eigenvalue weighted by molar-refractivity contribution is 9.10. The molecule has 4 nitrogen and oxygen atoms in total. The van der Waals surface area contributed by atoms with Crippen molar-refractivity contribution in [3.63, 3.8) is 0 Å². The first-order chi connectivity index (χ1) is 6.72. The van der Waals surface area contributed by atoms with Crippen molar-refractivity contribution in [3.05, 3.63) is 22.6 Å². The van der Waals surface area contributed by atoms with E-state index in [2.05, 4.69) is 26.0 Å². The monoisotopic (exact) mass is 261 g/mol. The summed E-state index contributed by atoms with van der Waals surface area (Å²) in [4.78, 5) is 10.7. The predicted octanol–water partition coefficient (Wildman–Crippen LogP) is 1.69. The zero-order valence-corrected chi connectivity index (χ0v) is 9.46. The maximum absolute atomic E-state index is 10.7. The van der Waals surface area contributed by atoms with Gasteiger partial charge in [0.1, 0.15) is 5.76 Å². The Kier molecular flexibility index (Phi) is 4.69. The summed E-state index contributed by atoms with van der Waals surface area (Å²) >= 11 is 3.21. The van der Waals surface area contributed by atoms with Gasteiger partial charge in [-0.1, -0.05) is 0 Å². The van der Waals surface area contributed by atoms with E-state index in [1.807, 2.05) is 12.1 Å². The molecule has 0 unspecified atom stereocenters. The second-order valence-corrected chi connectivity index (χ2v) is 3.49. The second kappa shape index (κ2) is 5.82. The first-order valence-electron chi connectivity index (χ1n) is 4.24. The summed E-state index contributed by atoms with van der Waals surface area (Å²) in [6.45, 7) is 1.20. The summed E-state index contributed by atoms with van der Waals surface area (Å²) in [7, 11) is 1.38. The Hall–Kier alpha value is -0.810. The van der Waals surface area contributed by atoms with Gasteiger partial charge in [-0.25, -0.2) is 0 Å². The number of furan rings is 1. The van der Waals surface area contributed by atoms with Crippen LogP contribution in [0.1, 0.15) is 12.2 Å². The van der Waals surface area contributed by atoms with Gasteiger partial charge in [0.2, 0.25) is 0 Å². The van der Waals surface area contributed by atoms with Gasteiger partial charge in [-0.05, 0) is 28.1 Å². The Labute approximate surface area is 90.7 Å². The molecule has 0 aliphatic rings. The first kappa shape index (κ1) is 11.3. The summed E-state index contributed by atoms with van der Waals surface area (Å²) in [6.07, 6.45) is 0.373. The van der Waals surface area contributed by atoms with Crippen LogP contribution < -0.4 is 5.32 Å². The van der Waals surface area contributed by atoms with E-state index in [0.29, 0.717) is 24.2 Å². The number of carbonyl (C=O) groups excluding carboxylic acids is 1. The van der Waals surface area contributed by atoms with E-state index in [0.717, 1.165) is 5.76 Å². The van der Waals surface area contributed by atoms with Crippen molar-refractivity contribution >= 4 is 21.9 Å². The Morgan fingerprint density at radius 1 is 1.64 bits per heavy atom. The summed E-state index contributed by atoms with van der Waals surface area (Å²) in [6, 6.07) is 3.70. The highest BCUT2D eigenvalue weighted by Crippen LogP contribution is 2.13. The summed E-state index contributed by atoms with van der Waals surface area (Å²) in [5.41, 5.74) is 0. The van der Waals surface area contributed by atoms with Crippen LogP contribution in [-0.2, 0) is 16.1 Å². The van der Waals surface area contributed by atoms with E-state index in [1.54, 1.807) is 0 Å². The van der Waals surface area contributed by atoms with Crippen molar-refractivity contribution in [2.75, 3.05) is 13.7 Å². The molecule has 0 aliphatic heterocycles. The summed E-state index contributed by atoms with van der Waals surface area (Å²) in [5.74, 6) is 0.625. The van der Waals surface area contributed by atoms with E-state index >= 15 is 0 Å². The molecule has 14 heavy (non-hydrogen) atoms. The van der Waals surface area contributed by atoms with Crippen molar-refractivity contribution in [1.82, 2.24) is 5.32 Å². The third-order valence-electron chi connectivity index (χ3n) is 1.66. The largest absolute Gasteiger partial charge is 0.469 e. The fourth-order valence-electron chi connectivity index (χ4n) is 0.951. The molecule has 1 aromatic heterocycles. The van der Waals surface area contributed by atoms with E-state index < -0.39 is 0 Å². The van der Waals surface area contributed by atoms with Crippen molar-refractivity contribution < 1.29 is 13.9 Å². The highest BCUT2D eigenvalue weighted by atomic mass is 79.9. The molecule has 1 N–H and O–H groups in total. The number of hydrogen-bond donors (Lipinski definition) is 1. The molecule has 1 heterocycles. The Morgan fingerprint density at radius 3 is 3.00 bits per heavy atom. The minimum Gasteiger partial charge on any atom is -0.469 e. The van der Waals surface area contributed by atoms with Crippen LogP contribution in [0, 0.1) is 0 Å². The molecule has 0 radical (unpaired) electrons. The lowest BCUT2D eigenvalue weighted by atomic mass is 10.4. The van der Waals surface area contributed by atoms with Crippen molar-refractivity contribution in [1.29, 1.82) is 0 Å². The van der Waals surface area contributed by atoms with Crippen LogP contribution in [0.2, 0.25) is 0 Å². The average Bonchev–Trinajstić information content (AvgIpc) is 2.58. The maximum Gasteiger partial charge on any atom is 0.306 e.